The quantitative estimate of drug-likeness (QED) is 0.483. The van der Waals surface area contributed by atoms with Crippen molar-refractivity contribution < 1.29 is 19.1 Å². The number of carbonyl (C=O) groups excluding carboxylic acids is 3. The smallest absolute Gasteiger partial charge is 0.325 e. The normalized spacial score (nSPS) is 13.8. The van der Waals surface area contributed by atoms with Gasteiger partial charge in [-0.1, -0.05) is 35.7 Å². The molecular weight excluding hydrogens is 442 g/mol. The molecule has 0 bridgehead atoms. The van der Waals surface area contributed by atoms with Gasteiger partial charge in [-0.2, -0.15) is 0 Å². The standard InChI is InChI=1S/C25H30ClN3O4/c1-15-11-16(2)23(17(3)12-15)29-25(32)28-21-13-18(26)9-10-20(21)24(31)27-14-22(30)33-19-7-5-4-6-8-19/h9-13,19H,4-8,14H2,1-3H3,(H,27,31)(H2,28,29,32). The molecule has 8 heteroatoms. The van der Waals surface area contributed by atoms with E-state index in [1.807, 2.05) is 32.9 Å². The predicted molar refractivity (Wildman–Crippen MR) is 130 cm³/mol. The number of anilines is 2. The zero-order valence-corrected chi connectivity index (χ0v) is 20.0. The van der Waals surface area contributed by atoms with E-state index >= 15 is 0 Å². The fourth-order valence-corrected chi connectivity index (χ4v) is 4.29. The summed E-state index contributed by atoms with van der Waals surface area (Å²) in [6.07, 6.45) is 4.91. The second-order valence-electron chi connectivity index (χ2n) is 8.48. The van der Waals surface area contributed by atoms with Gasteiger partial charge in [0, 0.05) is 10.7 Å². The number of urea groups is 1. The third-order valence-electron chi connectivity index (χ3n) is 5.63. The zero-order valence-electron chi connectivity index (χ0n) is 19.2. The molecule has 33 heavy (non-hydrogen) atoms. The molecule has 2 aromatic rings. The fraction of sp³-hybridized carbons (Fsp3) is 0.400. The van der Waals surface area contributed by atoms with Gasteiger partial charge in [0.05, 0.1) is 11.3 Å². The molecule has 0 unspecified atom stereocenters. The molecular formula is C25H30ClN3O4. The summed E-state index contributed by atoms with van der Waals surface area (Å²) in [5.41, 5.74) is 4.10. The van der Waals surface area contributed by atoms with E-state index in [1.165, 1.54) is 12.1 Å². The van der Waals surface area contributed by atoms with Crippen LogP contribution in [0, 0.1) is 20.8 Å². The Labute approximate surface area is 199 Å². The van der Waals surface area contributed by atoms with Crippen molar-refractivity contribution in [1.82, 2.24) is 5.32 Å². The van der Waals surface area contributed by atoms with Crippen LogP contribution in [-0.4, -0.2) is 30.6 Å². The minimum atomic E-state index is -0.509. The molecule has 0 aromatic heterocycles. The first-order chi connectivity index (χ1) is 15.7. The molecule has 0 saturated heterocycles. The molecule has 1 fully saturated rings. The van der Waals surface area contributed by atoms with Crippen LogP contribution in [0.4, 0.5) is 16.2 Å². The van der Waals surface area contributed by atoms with E-state index in [0.29, 0.717) is 10.7 Å². The Hall–Kier alpha value is -3.06. The van der Waals surface area contributed by atoms with E-state index in [1.54, 1.807) is 6.07 Å². The summed E-state index contributed by atoms with van der Waals surface area (Å²) in [5.74, 6) is -0.980. The Morgan fingerprint density at radius 3 is 2.30 bits per heavy atom. The fourth-order valence-electron chi connectivity index (χ4n) is 4.12. The zero-order chi connectivity index (χ0) is 24.0. The van der Waals surface area contributed by atoms with Crippen molar-refractivity contribution in [2.45, 2.75) is 59.0 Å². The van der Waals surface area contributed by atoms with E-state index in [-0.39, 0.29) is 23.9 Å². The third-order valence-corrected chi connectivity index (χ3v) is 5.87. The number of hydrogen-bond acceptors (Lipinski definition) is 4. The summed E-state index contributed by atoms with van der Waals surface area (Å²) in [6.45, 7) is 5.58. The number of carbonyl (C=O) groups is 3. The maximum absolute atomic E-state index is 12.7. The molecule has 3 rings (SSSR count). The first-order valence-corrected chi connectivity index (χ1v) is 11.5. The molecule has 0 atom stereocenters. The van der Waals surface area contributed by atoms with Gasteiger partial charge in [0.25, 0.3) is 5.91 Å². The highest BCUT2D eigenvalue weighted by Crippen LogP contribution is 2.25. The number of nitrogens with one attached hydrogen (secondary N) is 3. The first-order valence-electron chi connectivity index (χ1n) is 11.2. The largest absolute Gasteiger partial charge is 0.461 e. The maximum Gasteiger partial charge on any atom is 0.325 e. The number of esters is 1. The van der Waals surface area contributed by atoms with Gasteiger partial charge < -0.3 is 20.7 Å². The van der Waals surface area contributed by atoms with Gasteiger partial charge in [-0.05, 0) is 75.8 Å². The highest BCUT2D eigenvalue weighted by atomic mass is 35.5. The Bertz CT molecular complexity index is 1020. The van der Waals surface area contributed by atoms with Gasteiger partial charge >= 0.3 is 12.0 Å². The number of ether oxygens (including phenoxy) is 1. The number of amides is 3. The predicted octanol–water partition coefficient (Wildman–Crippen LogP) is 5.51. The number of aryl methyl sites for hydroxylation is 3. The van der Waals surface area contributed by atoms with E-state index in [4.69, 9.17) is 16.3 Å². The van der Waals surface area contributed by atoms with E-state index in [9.17, 15) is 14.4 Å². The summed E-state index contributed by atoms with van der Waals surface area (Å²) in [5, 5.41) is 8.46. The number of halogens is 1. The average molecular weight is 472 g/mol. The molecule has 0 spiro atoms. The highest BCUT2D eigenvalue weighted by Gasteiger charge is 2.20. The van der Waals surface area contributed by atoms with Crippen molar-refractivity contribution in [2.24, 2.45) is 0 Å². The van der Waals surface area contributed by atoms with Crippen LogP contribution >= 0.6 is 11.6 Å². The minimum Gasteiger partial charge on any atom is -0.461 e. The summed E-state index contributed by atoms with van der Waals surface area (Å²) < 4.78 is 5.43. The molecule has 0 aliphatic heterocycles. The topological polar surface area (TPSA) is 96.5 Å². The SMILES string of the molecule is Cc1cc(C)c(NC(=O)Nc2cc(Cl)ccc2C(=O)NCC(=O)OC2CCCCC2)c(C)c1. The number of benzene rings is 2. The molecule has 1 saturated carbocycles. The van der Waals surface area contributed by atoms with E-state index < -0.39 is 17.9 Å². The lowest BCUT2D eigenvalue weighted by atomic mass is 9.98. The lowest BCUT2D eigenvalue weighted by Crippen LogP contribution is -2.33. The maximum atomic E-state index is 12.7. The van der Waals surface area contributed by atoms with E-state index in [2.05, 4.69) is 16.0 Å². The van der Waals surface area contributed by atoms with Crippen molar-refractivity contribution >= 4 is 40.9 Å². The van der Waals surface area contributed by atoms with Crippen LogP contribution in [0.2, 0.25) is 5.02 Å². The van der Waals surface area contributed by atoms with Gasteiger partial charge in [-0.25, -0.2) is 4.79 Å². The molecule has 3 N–H and O–H groups in total. The molecule has 1 aliphatic rings. The molecule has 3 amide bonds. The van der Waals surface area contributed by atoms with Crippen LogP contribution < -0.4 is 16.0 Å². The van der Waals surface area contributed by atoms with Crippen molar-refractivity contribution in [2.75, 3.05) is 17.2 Å². The van der Waals surface area contributed by atoms with Gasteiger partial charge in [-0.15, -0.1) is 0 Å². The minimum absolute atomic E-state index is 0.0757. The molecule has 1 aliphatic carbocycles. The van der Waals surface area contributed by atoms with Gasteiger partial charge in [0.1, 0.15) is 12.6 Å². The van der Waals surface area contributed by atoms with Crippen LogP contribution in [0.5, 0.6) is 0 Å². The van der Waals surface area contributed by atoms with Crippen molar-refractivity contribution in [1.29, 1.82) is 0 Å². The second kappa shape index (κ2) is 11.2. The van der Waals surface area contributed by atoms with Crippen LogP contribution in [0.25, 0.3) is 0 Å². The highest BCUT2D eigenvalue weighted by molar-refractivity contribution is 6.31. The number of rotatable bonds is 6. The van der Waals surface area contributed by atoms with Gasteiger partial charge in [-0.3, -0.25) is 9.59 Å². The van der Waals surface area contributed by atoms with Crippen molar-refractivity contribution in [3.05, 3.63) is 57.6 Å². The van der Waals surface area contributed by atoms with Gasteiger partial charge in [0.2, 0.25) is 0 Å². The van der Waals surface area contributed by atoms with Crippen LogP contribution in [0.15, 0.2) is 30.3 Å². The first kappa shape index (κ1) is 24.6. The molecule has 2 aromatic carbocycles. The average Bonchev–Trinajstić information content (AvgIpc) is 2.75. The number of hydrogen-bond donors (Lipinski definition) is 3. The third kappa shape index (κ3) is 6.96. The second-order valence-corrected chi connectivity index (χ2v) is 8.91. The van der Waals surface area contributed by atoms with Crippen molar-refractivity contribution in [3.8, 4) is 0 Å². The summed E-state index contributed by atoms with van der Waals surface area (Å²) >= 11 is 6.09. The Kier molecular flexibility index (Phi) is 8.33. The summed E-state index contributed by atoms with van der Waals surface area (Å²) in [7, 11) is 0. The Balaban J connectivity index is 1.64. The van der Waals surface area contributed by atoms with Gasteiger partial charge in [0.15, 0.2) is 0 Å². The van der Waals surface area contributed by atoms with Crippen LogP contribution in [0.1, 0.15) is 59.2 Å². The summed E-state index contributed by atoms with van der Waals surface area (Å²) in [6, 6.07) is 8.00. The van der Waals surface area contributed by atoms with E-state index in [0.717, 1.165) is 48.8 Å². The monoisotopic (exact) mass is 471 g/mol. The Morgan fingerprint density at radius 1 is 0.970 bits per heavy atom. The molecule has 0 radical (unpaired) electrons. The molecule has 7 nitrogen and oxygen atoms in total. The van der Waals surface area contributed by atoms with Crippen LogP contribution in [0.3, 0.4) is 0 Å². The lowest BCUT2D eigenvalue weighted by molar-refractivity contribution is -0.149. The molecule has 0 heterocycles. The summed E-state index contributed by atoms with van der Waals surface area (Å²) in [4.78, 5) is 37.5. The van der Waals surface area contributed by atoms with Crippen LogP contribution in [-0.2, 0) is 9.53 Å². The Morgan fingerprint density at radius 2 is 1.64 bits per heavy atom. The molecule has 176 valence electrons. The van der Waals surface area contributed by atoms with Crippen molar-refractivity contribution in [3.63, 3.8) is 0 Å². The lowest BCUT2D eigenvalue weighted by Gasteiger charge is -2.21.